The Morgan fingerprint density at radius 1 is 1.32 bits per heavy atom. The quantitative estimate of drug-likeness (QED) is 0.737. The molecule has 124 valence electrons. The van der Waals surface area contributed by atoms with E-state index in [-0.39, 0.29) is 11.9 Å². The maximum Gasteiger partial charge on any atom is 0.272 e. The molecule has 2 rings (SSSR count). The van der Waals surface area contributed by atoms with Gasteiger partial charge in [-0.25, -0.2) is 8.78 Å². The molecule has 1 aromatic rings. The summed E-state index contributed by atoms with van der Waals surface area (Å²) in [4.78, 5) is 0. The molecule has 0 spiro atoms. The number of nitrogens with one attached hydrogen (secondary N) is 1. The Kier molecular flexibility index (Phi) is 7.15. The Morgan fingerprint density at radius 2 is 2.09 bits per heavy atom. The first-order valence-electron chi connectivity index (χ1n) is 7.29. The summed E-state index contributed by atoms with van der Waals surface area (Å²) in [6, 6.07) is 5.08. The first-order chi connectivity index (χ1) is 10.7. The topological polar surface area (TPSA) is 39.7 Å². The normalized spacial score (nSPS) is 16.0. The molecule has 0 saturated carbocycles. The average molecular weight is 336 g/mol. The van der Waals surface area contributed by atoms with Crippen molar-refractivity contribution in [3.8, 4) is 5.75 Å². The van der Waals surface area contributed by atoms with Gasteiger partial charge in [0.05, 0.1) is 23.4 Å². The highest BCUT2D eigenvalue weighted by atomic mass is 35.5. The average Bonchev–Trinajstić information content (AvgIpc) is 2.51. The van der Waals surface area contributed by atoms with Crippen molar-refractivity contribution >= 4 is 17.3 Å². The zero-order chi connectivity index (χ0) is 15.8. The van der Waals surface area contributed by atoms with Gasteiger partial charge in [0.15, 0.2) is 5.75 Å². The monoisotopic (exact) mass is 335 g/mol. The molecule has 1 aliphatic heterocycles. The summed E-state index contributed by atoms with van der Waals surface area (Å²) in [5.74, 6) is 0.246. The number of ether oxygens (including phenoxy) is 3. The predicted molar refractivity (Wildman–Crippen MR) is 81.2 cm³/mol. The number of halogens is 3. The van der Waals surface area contributed by atoms with Gasteiger partial charge in [-0.15, -0.1) is 0 Å². The van der Waals surface area contributed by atoms with Crippen molar-refractivity contribution in [3.05, 3.63) is 23.2 Å². The van der Waals surface area contributed by atoms with E-state index >= 15 is 0 Å². The molecule has 0 bridgehead atoms. The third-order valence-corrected chi connectivity index (χ3v) is 3.56. The molecular weight excluding hydrogens is 316 g/mol. The van der Waals surface area contributed by atoms with E-state index in [4.69, 9.17) is 25.8 Å². The number of anilines is 1. The number of alkyl halides is 2. The van der Waals surface area contributed by atoms with Crippen molar-refractivity contribution in [1.82, 2.24) is 0 Å². The zero-order valence-electron chi connectivity index (χ0n) is 12.2. The zero-order valence-corrected chi connectivity index (χ0v) is 13.0. The summed E-state index contributed by atoms with van der Waals surface area (Å²) in [5, 5.41) is 3.41. The van der Waals surface area contributed by atoms with Crippen LogP contribution in [0.3, 0.4) is 0 Å². The van der Waals surface area contributed by atoms with Crippen LogP contribution in [0, 0.1) is 0 Å². The molecule has 1 heterocycles. The van der Waals surface area contributed by atoms with Crippen molar-refractivity contribution < 1.29 is 23.0 Å². The van der Waals surface area contributed by atoms with Crippen LogP contribution in [0.25, 0.3) is 0 Å². The number of benzene rings is 1. The fourth-order valence-electron chi connectivity index (χ4n) is 2.19. The molecular formula is C15H20ClF2NO3. The molecule has 0 atom stereocenters. The molecule has 1 aliphatic rings. The smallest absolute Gasteiger partial charge is 0.272 e. The lowest BCUT2D eigenvalue weighted by molar-refractivity contribution is -0.0283. The highest BCUT2D eigenvalue weighted by molar-refractivity contribution is 6.32. The van der Waals surface area contributed by atoms with Crippen LogP contribution in [-0.4, -0.2) is 45.5 Å². The van der Waals surface area contributed by atoms with E-state index in [1.165, 1.54) is 0 Å². The van der Waals surface area contributed by atoms with Gasteiger partial charge in [-0.3, -0.25) is 0 Å². The van der Waals surface area contributed by atoms with Crippen LogP contribution in [0.15, 0.2) is 18.2 Å². The molecule has 1 fully saturated rings. The predicted octanol–water partition coefficient (Wildman–Crippen LogP) is 3.59. The molecule has 0 radical (unpaired) electrons. The largest absolute Gasteiger partial charge is 0.484 e. The van der Waals surface area contributed by atoms with E-state index in [2.05, 4.69) is 5.32 Å². The van der Waals surface area contributed by atoms with Gasteiger partial charge in [-0.2, -0.15) is 0 Å². The van der Waals surface area contributed by atoms with Crippen molar-refractivity contribution in [2.75, 3.05) is 38.3 Å². The second-order valence-electron chi connectivity index (χ2n) is 4.93. The van der Waals surface area contributed by atoms with Gasteiger partial charge in [-0.1, -0.05) is 17.7 Å². The molecule has 0 unspecified atom stereocenters. The number of hydrogen-bond acceptors (Lipinski definition) is 4. The molecule has 1 saturated heterocycles. The molecule has 7 heteroatoms. The Bertz CT molecular complexity index is 456. The lowest BCUT2D eigenvalue weighted by Crippen LogP contribution is -2.25. The molecule has 1 N–H and O–H groups in total. The van der Waals surface area contributed by atoms with Crippen LogP contribution < -0.4 is 10.1 Å². The van der Waals surface area contributed by atoms with E-state index < -0.39 is 13.0 Å². The number of para-hydroxylation sites is 1. The minimum Gasteiger partial charge on any atom is -0.484 e. The highest BCUT2D eigenvalue weighted by Gasteiger charge is 2.14. The fraction of sp³-hybridized carbons (Fsp3) is 0.600. The van der Waals surface area contributed by atoms with Gasteiger partial charge in [-0.05, 0) is 25.0 Å². The summed E-state index contributed by atoms with van der Waals surface area (Å²) in [7, 11) is 0. The molecule has 4 nitrogen and oxygen atoms in total. The van der Waals surface area contributed by atoms with E-state index in [0.29, 0.717) is 23.9 Å². The molecule has 0 amide bonds. The Morgan fingerprint density at radius 3 is 2.82 bits per heavy atom. The van der Waals surface area contributed by atoms with Crippen LogP contribution in [-0.2, 0) is 9.47 Å². The molecule has 1 aromatic carbocycles. The van der Waals surface area contributed by atoms with Crippen molar-refractivity contribution in [2.45, 2.75) is 25.4 Å². The minimum atomic E-state index is -2.54. The number of hydrogen-bond donors (Lipinski definition) is 1. The van der Waals surface area contributed by atoms with Crippen molar-refractivity contribution in [2.24, 2.45) is 0 Å². The number of rotatable bonds is 8. The van der Waals surface area contributed by atoms with E-state index in [0.717, 1.165) is 26.1 Å². The van der Waals surface area contributed by atoms with Gasteiger partial charge in [0.25, 0.3) is 6.43 Å². The molecule has 0 aromatic heterocycles. The van der Waals surface area contributed by atoms with Crippen LogP contribution >= 0.6 is 11.6 Å². The highest BCUT2D eigenvalue weighted by Crippen LogP contribution is 2.33. The van der Waals surface area contributed by atoms with Crippen LogP contribution in [0.4, 0.5) is 14.5 Å². The first-order valence-corrected chi connectivity index (χ1v) is 7.67. The first kappa shape index (κ1) is 17.2. The molecule has 0 aliphatic carbocycles. The third kappa shape index (κ3) is 5.59. The SMILES string of the molecule is FC(F)COc1c(Cl)cccc1NCCOC1CCOCC1. The fourth-order valence-corrected chi connectivity index (χ4v) is 2.42. The maximum atomic E-state index is 12.3. The summed E-state index contributed by atoms with van der Waals surface area (Å²) >= 11 is 5.99. The summed E-state index contributed by atoms with van der Waals surface area (Å²) in [6.45, 7) is 1.85. The minimum absolute atomic E-state index is 0.226. The van der Waals surface area contributed by atoms with Crippen LogP contribution in [0.2, 0.25) is 5.02 Å². The lowest BCUT2D eigenvalue weighted by atomic mass is 10.2. The summed E-state index contributed by atoms with van der Waals surface area (Å²) in [6.07, 6.45) is -0.509. The van der Waals surface area contributed by atoms with Gasteiger partial charge < -0.3 is 19.5 Å². The maximum absolute atomic E-state index is 12.3. The van der Waals surface area contributed by atoms with Gasteiger partial charge in [0, 0.05) is 19.8 Å². The second kappa shape index (κ2) is 9.12. The Balaban J connectivity index is 1.79. The van der Waals surface area contributed by atoms with Crippen LogP contribution in [0.1, 0.15) is 12.8 Å². The summed E-state index contributed by atoms with van der Waals surface area (Å²) < 4.78 is 40.6. The second-order valence-corrected chi connectivity index (χ2v) is 5.34. The Labute approximate surface area is 133 Å². The van der Waals surface area contributed by atoms with E-state index in [1.807, 2.05) is 0 Å². The van der Waals surface area contributed by atoms with Gasteiger partial charge in [0.1, 0.15) is 6.61 Å². The lowest BCUT2D eigenvalue weighted by Gasteiger charge is -2.22. The Hall–Kier alpha value is -1.11. The van der Waals surface area contributed by atoms with E-state index in [9.17, 15) is 8.78 Å². The van der Waals surface area contributed by atoms with Gasteiger partial charge >= 0.3 is 0 Å². The molecule has 22 heavy (non-hydrogen) atoms. The van der Waals surface area contributed by atoms with Crippen molar-refractivity contribution in [1.29, 1.82) is 0 Å². The van der Waals surface area contributed by atoms with Crippen LogP contribution in [0.5, 0.6) is 5.75 Å². The van der Waals surface area contributed by atoms with Gasteiger partial charge in [0.2, 0.25) is 0 Å². The third-order valence-electron chi connectivity index (χ3n) is 3.26. The summed E-state index contributed by atoms with van der Waals surface area (Å²) in [5.41, 5.74) is 0.587. The standard InChI is InChI=1S/C15H20ClF2NO3/c16-12-2-1-3-13(15(12)22-10-14(17)18)19-6-9-21-11-4-7-20-8-5-11/h1-3,11,14,19H,4-10H2. The van der Waals surface area contributed by atoms with E-state index in [1.54, 1.807) is 18.2 Å². The van der Waals surface area contributed by atoms with Crippen molar-refractivity contribution in [3.63, 3.8) is 0 Å².